The summed E-state index contributed by atoms with van der Waals surface area (Å²) in [7, 11) is 0. The van der Waals surface area contributed by atoms with E-state index in [1.54, 1.807) is 6.92 Å². The summed E-state index contributed by atoms with van der Waals surface area (Å²) in [5.41, 5.74) is 1.47. The fourth-order valence-electron chi connectivity index (χ4n) is 4.54. The highest BCUT2D eigenvalue weighted by atomic mass is 16.5. The van der Waals surface area contributed by atoms with E-state index in [1.807, 2.05) is 0 Å². The molecular weight excluding hydrogens is 310 g/mol. The van der Waals surface area contributed by atoms with E-state index in [9.17, 15) is 4.79 Å². The van der Waals surface area contributed by atoms with Crippen LogP contribution in [0.5, 0.6) is 0 Å². The van der Waals surface area contributed by atoms with Crippen molar-refractivity contribution in [3.05, 3.63) is 35.9 Å². The lowest BCUT2D eigenvalue weighted by Crippen LogP contribution is -2.49. The summed E-state index contributed by atoms with van der Waals surface area (Å²) in [6, 6.07) is 11.2. The number of rotatable bonds is 6. The molecule has 1 aliphatic carbocycles. The maximum absolute atomic E-state index is 12.4. The highest BCUT2D eigenvalue weighted by molar-refractivity contribution is 5.73. The average molecular weight is 344 g/mol. The predicted octanol–water partition coefficient (Wildman–Crippen LogP) is 4.55. The summed E-state index contributed by atoms with van der Waals surface area (Å²) >= 11 is 0. The van der Waals surface area contributed by atoms with Crippen LogP contribution in [0.3, 0.4) is 0 Å². The van der Waals surface area contributed by atoms with E-state index in [4.69, 9.17) is 4.74 Å². The summed E-state index contributed by atoms with van der Waals surface area (Å²) < 4.78 is 5.85. The smallest absolute Gasteiger partial charge is 0.219 e. The molecular formula is C22H33NO2. The molecule has 2 atom stereocenters. The van der Waals surface area contributed by atoms with E-state index in [0.29, 0.717) is 6.04 Å². The largest absolute Gasteiger partial charge is 0.375 e. The Morgan fingerprint density at radius 3 is 2.48 bits per heavy atom. The van der Waals surface area contributed by atoms with E-state index < -0.39 is 0 Å². The fraction of sp³-hybridized carbons (Fsp3) is 0.682. The summed E-state index contributed by atoms with van der Waals surface area (Å²) in [4.78, 5) is 14.5. The zero-order valence-electron chi connectivity index (χ0n) is 16.3. The van der Waals surface area contributed by atoms with Gasteiger partial charge in [-0.15, -0.1) is 0 Å². The van der Waals surface area contributed by atoms with E-state index in [-0.39, 0.29) is 16.9 Å². The first-order chi connectivity index (χ1) is 11.8. The van der Waals surface area contributed by atoms with Crippen molar-refractivity contribution in [3.8, 4) is 0 Å². The molecule has 1 aliphatic heterocycles. The van der Waals surface area contributed by atoms with Crippen molar-refractivity contribution >= 4 is 5.91 Å². The standard InChI is InChI=1S/C22H33NO2/c1-17(24)23(20-12-15-25-21(2,3)16-20)14-13-22(4,19-10-11-19)18-8-6-5-7-9-18/h5-9,19-20H,10-16H2,1-4H3/t20-,22-/m1/s1. The van der Waals surface area contributed by atoms with Gasteiger partial charge < -0.3 is 9.64 Å². The van der Waals surface area contributed by atoms with Crippen LogP contribution >= 0.6 is 0 Å². The Labute approximate surface area is 152 Å². The van der Waals surface area contributed by atoms with Gasteiger partial charge in [-0.05, 0) is 62.8 Å². The number of hydrogen-bond acceptors (Lipinski definition) is 2. The van der Waals surface area contributed by atoms with Crippen molar-refractivity contribution in [2.24, 2.45) is 5.92 Å². The molecule has 0 radical (unpaired) electrons. The van der Waals surface area contributed by atoms with Crippen LogP contribution in [0.1, 0.15) is 65.4 Å². The summed E-state index contributed by atoms with van der Waals surface area (Å²) in [6.07, 6.45) is 5.55. The number of benzene rings is 1. The highest BCUT2D eigenvalue weighted by Crippen LogP contribution is 2.49. The molecule has 0 N–H and O–H groups in total. The number of carbonyl (C=O) groups excluding carboxylic acids is 1. The van der Waals surface area contributed by atoms with Gasteiger partial charge in [-0.25, -0.2) is 0 Å². The Kier molecular flexibility index (Phi) is 5.24. The van der Waals surface area contributed by atoms with Gasteiger partial charge >= 0.3 is 0 Å². The van der Waals surface area contributed by atoms with E-state index in [2.05, 4.69) is 56.0 Å². The molecule has 138 valence electrons. The quantitative estimate of drug-likeness (QED) is 0.758. The van der Waals surface area contributed by atoms with Crippen LogP contribution in [0.15, 0.2) is 30.3 Å². The second-order valence-electron chi connectivity index (χ2n) is 8.77. The van der Waals surface area contributed by atoms with Crippen molar-refractivity contribution in [2.75, 3.05) is 13.2 Å². The molecule has 1 aromatic rings. The lowest BCUT2D eigenvalue weighted by Gasteiger charge is -2.42. The molecule has 3 nitrogen and oxygen atoms in total. The van der Waals surface area contributed by atoms with Crippen molar-refractivity contribution in [1.82, 2.24) is 4.90 Å². The van der Waals surface area contributed by atoms with Gasteiger partial charge in [0.1, 0.15) is 0 Å². The normalized spacial score (nSPS) is 25.2. The third-order valence-corrected chi connectivity index (χ3v) is 6.30. The van der Waals surface area contributed by atoms with Crippen molar-refractivity contribution in [1.29, 1.82) is 0 Å². The maximum Gasteiger partial charge on any atom is 0.219 e. The van der Waals surface area contributed by atoms with Gasteiger partial charge in [0.25, 0.3) is 0 Å². The van der Waals surface area contributed by atoms with Gasteiger partial charge in [-0.2, -0.15) is 0 Å². The first kappa shape index (κ1) is 18.4. The van der Waals surface area contributed by atoms with Gasteiger partial charge in [0.05, 0.1) is 5.60 Å². The maximum atomic E-state index is 12.4. The van der Waals surface area contributed by atoms with Crippen LogP contribution in [0.4, 0.5) is 0 Å². The molecule has 2 fully saturated rings. The molecule has 0 bridgehead atoms. The van der Waals surface area contributed by atoms with Gasteiger partial charge in [0.15, 0.2) is 0 Å². The summed E-state index contributed by atoms with van der Waals surface area (Å²) in [5.74, 6) is 0.962. The summed E-state index contributed by atoms with van der Waals surface area (Å²) in [6.45, 7) is 9.98. The molecule has 1 saturated carbocycles. The monoisotopic (exact) mass is 343 g/mol. The number of ether oxygens (including phenoxy) is 1. The molecule has 0 aromatic heterocycles. The Hall–Kier alpha value is -1.35. The number of amides is 1. The zero-order chi connectivity index (χ0) is 18.1. The van der Waals surface area contributed by atoms with Gasteiger partial charge in [-0.1, -0.05) is 37.3 Å². The lowest BCUT2D eigenvalue weighted by molar-refractivity contribution is -0.138. The molecule has 3 rings (SSSR count). The first-order valence-electron chi connectivity index (χ1n) is 9.78. The van der Waals surface area contributed by atoms with Crippen LogP contribution in [-0.2, 0) is 14.9 Å². The van der Waals surface area contributed by atoms with Crippen LogP contribution in [0, 0.1) is 5.92 Å². The van der Waals surface area contributed by atoms with Gasteiger partial charge in [0, 0.05) is 26.1 Å². The number of hydrogen-bond donors (Lipinski definition) is 0. The van der Waals surface area contributed by atoms with Crippen molar-refractivity contribution < 1.29 is 9.53 Å². The first-order valence-corrected chi connectivity index (χ1v) is 9.78. The Morgan fingerprint density at radius 2 is 1.92 bits per heavy atom. The molecule has 1 heterocycles. The molecule has 1 aromatic carbocycles. The minimum absolute atomic E-state index is 0.129. The van der Waals surface area contributed by atoms with E-state index in [1.165, 1.54) is 18.4 Å². The molecule has 25 heavy (non-hydrogen) atoms. The van der Waals surface area contributed by atoms with Crippen LogP contribution in [0.25, 0.3) is 0 Å². The Morgan fingerprint density at radius 1 is 1.24 bits per heavy atom. The lowest BCUT2D eigenvalue weighted by atomic mass is 9.75. The summed E-state index contributed by atoms with van der Waals surface area (Å²) in [5, 5.41) is 0. The van der Waals surface area contributed by atoms with Crippen LogP contribution < -0.4 is 0 Å². The molecule has 1 amide bonds. The minimum atomic E-state index is -0.129. The zero-order valence-corrected chi connectivity index (χ0v) is 16.3. The van der Waals surface area contributed by atoms with E-state index >= 15 is 0 Å². The second-order valence-corrected chi connectivity index (χ2v) is 8.77. The predicted molar refractivity (Wildman–Crippen MR) is 102 cm³/mol. The third-order valence-electron chi connectivity index (χ3n) is 6.30. The Bertz CT molecular complexity index is 593. The van der Waals surface area contributed by atoms with Crippen molar-refractivity contribution in [3.63, 3.8) is 0 Å². The molecule has 1 saturated heterocycles. The highest BCUT2D eigenvalue weighted by Gasteiger charge is 2.43. The van der Waals surface area contributed by atoms with E-state index in [0.717, 1.165) is 38.3 Å². The SMILES string of the molecule is CC(=O)N(CC[C@](C)(c1ccccc1)C1CC1)[C@@H]1CCOC(C)(C)C1. The molecule has 0 unspecified atom stereocenters. The topological polar surface area (TPSA) is 29.5 Å². The molecule has 0 spiro atoms. The van der Waals surface area contributed by atoms with Crippen molar-refractivity contribution in [2.45, 2.75) is 76.9 Å². The third kappa shape index (κ3) is 4.25. The number of carbonyl (C=O) groups is 1. The number of nitrogens with zero attached hydrogens (tertiary/aromatic N) is 1. The molecule has 2 aliphatic rings. The van der Waals surface area contributed by atoms with Crippen LogP contribution in [0.2, 0.25) is 0 Å². The fourth-order valence-corrected chi connectivity index (χ4v) is 4.54. The Balaban J connectivity index is 1.73. The van der Waals surface area contributed by atoms with Gasteiger partial charge in [0.2, 0.25) is 5.91 Å². The minimum Gasteiger partial charge on any atom is -0.375 e. The van der Waals surface area contributed by atoms with Crippen LogP contribution in [-0.4, -0.2) is 35.6 Å². The second kappa shape index (κ2) is 7.11. The van der Waals surface area contributed by atoms with Gasteiger partial charge in [-0.3, -0.25) is 4.79 Å². The molecule has 3 heteroatoms. The average Bonchev–Trinajstić information content (AvgIpc) is 3.40.